The molecule has 0 bridgehead atoms. The van der Waals surface area contributed by atoms with Crippen molar-refractivity contribution in [1.29, 1.82) is 0 Å². The van der Waals surface area contributed by atoms with Crippen LogP contribution in [0.2, 0.25) is 0 Å². The van der Waals surface area contributed by atoms with Crippen LogP contribution in [0.25, 0.3) is 0 Å². The predicted octanol–water partition coefficient (Wildman–Crippen LogP) is 2.05. The number of hydrogen-bond acceptors (Lipinski definition) is 2. The van der Waals surface area contributed by atoms with Crippen LogP contribution in [-0.2, 0) is 0 Å². The topological polar surface area (TPSA) is 29.3 Å². The second kappa shape index (κ2) is 4.97. The highest BCUT2D eigenvalue weighted by Gasteiger charge is 2.38. The summed E-state index contributed by atoms with van der Waals surface area (Å²) in [6, 6.07) is 0. The van der Waals surface area contributed by atoms with Crippen molar-refractivity contribution in [2.24, 2.45) is 17.6 Å². The van der Waals surface area contributed by atoms with Gasteiger partial charge in [-0.2, -0.15) is 0 Å². The summed E-state index contributed by atoms with van der Waals surface area (Å²) in [5.41, 5.74) is 6.06. The van der Waals surface area contributed by atoms with Crippen LogP contribution in [0.15, 0.2) is 0 Å². The normalized spacial score (nSPS) is 39.2. The summed E-state index contributed by atoms with van der Waals surface area (Å²) < 4.78 is 0. The zero-order chi connectivity index (χ0) is 9.84. The molecular weight excluding hydrogens is 160 g/mol. The quantitative estimate of drug-likeness (QED) is 0.624. The van der Waals surface area contributed by atoms with E-state index < -0.39 is 0 Å². The largest absolute Gasteiger partial charge is 0.315 e. The maximum Gasteiger partial charge on any atom is 0.0601 e. The van der Waals surface area contributed by atoms with Crippen LogP contribution in [0.3, 0.4) is 0 Å². The molecule has 1 aliphatic carbocycles. The number of fused-ring (bicyclic) bond motifs is 1. The van der Waals surface area contributed by atoms with Gasteiger partial charge in [-0.15, -0.1) is 0 Å². The first kappa shape index (κ1) is 11.0. The molecule has 1 saturated carbocycles. The lowest BCUT2D eigenvalue weighted by Crippen LogP contribution is -2.38. The lowest BCUT2D eigenvalue weighted by atomic mass is 9.81. The van der Waals surface area contributed by atoms with E-state index in [0.29, 0.717) is 6.17 Å². The Kier molecular flexibility index (Phi) is 4.20. The standard InChI is InChI=1S/C9H18N2.C2H6/c1-11-6-7-4-2-3-5-8(7)9(11)10;1-2/h7-9H,2-6,10H2,1H3;1-2H3. The molecule has 2 heteroatoms. The van der Waals surface area contributed by atoms with Crippen LogP contribution in [0.5, 0.6) is 0 Å². The second-order valence-corrected chi connectivity index (χ2v) is 4.14. The fourth-order valence-corrected chi connectivity index (χ4v) is 2.73. The Labute approximate surface area is 82.5 Å². The van der Waals surface area contributed by atoms with Crippen molar-refractivity contribution >= 4 is 0 Å². The van der Waals surface area contributed by atoms with Crippen LogP contribution < -0.4 is 5.73 Å². The number of rotatable bonds is 0. The second-order valence-electron chi connectivity index (χ2n) is 4.14. The van der Waals surface area contributed by atoms with Gasteiger partial charge in [0.2, 0.25) is 0 Å². The Morgan fingerprint density at radius 2 is 1.77 bits per heavy atom. The Bertz CT molecular complexity index is 147. The summed E-state index contributed by atoms with van der Waals surface area (Å²) in [5, 5.41) is 0. The SMILES string of the molecule is CC.CN1CC2CCCCC2C1N. The van der Waals surface area contributed by atoms with E-state index in [1.807, 2.05) is 13.8 Å². The van der Waals surface area contributed by atoms with E-state index in [-0.39, 0.29) is 0 Å². The van der Waals surface area contributed by atoms with E-state index in [4.69, 9.17) is 5.73 Å². The van der Waals surface area contributed by atoms with Crippen molar-refractivity contribution in [3.05, 3.63) is 0 Å². The summed E-state index contributed by atoms with van der Waals surface area (Å²) in [5.74, 6) is 1.73. The molecule has 3 unspecified atom stereocenters. The molecule has 1 heterocycles. The van der Waals surface area contributed by atoms with Crippen molar-refractivity contribution < 1.29 is 0 Å². The van der Waals surface area contributed by atoms with Gasteiger partial charge in [0.15, 0.2) is 0 Å². The minimum absolute atomic E-state index is 0.361. The highest BCUT2D eigenvalue weighted by atomic mass is 15.2. The molecule has 0 amide bonds. The predicted molar refractivity (Wildman–Crippen MR) is 57.4 cm³/mol. The van der Waals surface area contributed by atoms with Crippen LogP contribution >= 0.6 is 0 Å². The third-order valence-corrected chi connectivity index (χ3v) is 3.44. The lowest BCUT2D eigenvalue weighted by molar-refractivity contribution is 0.241. The van der Waals surface area contributed by atoms with Crippen molar-refractivity contribution in [3.8, 4) is 0 Å². The minimum Gasteiger partial charge on any atom is -0.315 e. The molecule has 78 valence electrons. The van der Waals surface area contributed by atoms with Crippen molar-refractivity contribution in [2.45, 2.75) is 45.7 Å². The number of nitrogens with two attached hydrogens (primary N) is 1. The van der Waals surface area contributed by atoms with Gasteiger partial charge in [-0.25, -0.2) is 0 Å². The molecule has 1 aliphatic heterocycles. The molecule has 13 heavy (non-hydrogen) atoms. The number of nitrogens with zero attached hydrogens (tertiary/aromatic N) is 1. The van der Waals surface area contributed by atoms with Gasteiger partial charge in [-0.1, -0.05) is 26.7 Å². The van der Waals surface area contributed by atoms with Crippen LogP contribution in [0.1, 0.15) is 39.5 Å². The molecule has 0 aromatic carbocycles. The molecule has 0 aromatic rings. The Balaban J connectivity index is 0.000000396. The van der Waals surface area contributed by atoms with E-state index in [1.54, 1.807) is 0 Å². The average Bonchev–Trinajstić information content (AvgIpc) is 2.47. The molecule has 0 spiro atoms. The molecule has 2 aliphatic rings. The zero-order valence-electron chi connectivity index (χ0n) is 9.29. The van der Waals surface area contributed by atoms with Crippen LogP contribution in [0, 0.1) is 11.8 Å². The Hall–Kier alpha value is -0.0800. The van der Waals surface area contributed by atoms with Gasteiger partial charge in [0.1, 0.15) is 0 Å². The average molecular weight is 184 g/mol. The molecule has 1 saturated heterocycles. The third-order valence-electron chi connectivity index (χ3n) is 3.44. The third kappa shape index (κ3) is 2.23. The van der Waals surface area contributed by atoms with Gasteiger partial charge < -0.3 is 5.73 Å². The fourth-order valence-electron chi connectivity index (χ4n) is 2.73. The van der Waals surface area contributed by atoms with E-state index >= 15 is 0 Å². The molecule has 2 rings (SSSR count). The van der Waals surface area contributed by atoms with Gasteiger partial charge in [0, 0.05) is 6.54 Å². The molecular formula is C11H24N2. The smallest absolute Gasteiger partial charge is 0.0601 e. The van der Waals surface area contributed by atoms with E-state index in [9.17, 15) is 0 Å². The van der Waals surface area contributed by atoms with Crippen molar-refractivity contribution in [1.82, 2.24) is 4.90 Å². The van der Waals surface area contributed by atoms with Crippen LogP contribution in [-0.4, -0.2) is 24.7 Å². The number of likely N-dealkylation sites (tertiary alicyclic amines) is 1. The highest BCUT2D eigenvalue weighted by Crippen LogP contribution is 2.37. The molecule has 2 nitrogen and oxygen atoms in total. The van der Waals surface area contributed by atoms with Gasteiger partial charge in [-0.3, -0.25) is 4.90 Å². The maximum absolute atomic E-state index is 6.06. The zero-order valence-corrected chi connectivity index (χ0v) is 9.29. The first-order valence-electron chi connectivity index (χ1n) is 5.75. The molecule has 0 radical (unpaired) electrons. The van der Waals surface area contributed by atoms with Gasteiger partial charge in [0.05, 0.1) is 6.17 Å². The lowest BCUT2D eigenvalue weighted by Gasteiger charge is -2.26. The van der Waals surface area contributed by atoms with E-state index in [2.05, 4.69) is 11.9 Å². The fraction of sp³-hybridized carbons (Fsp3) is 1.00. The van der Waals surface area contributed by atoms with Crippen LogP contribution in [0.4, 0.5) is 0 Å². The minimum atomic E-state index is 0.361. The summed E-state index contributed by atoms with van der Waals surface area (Å²) in [6.07, 6.45) is 5.99. The molecule has 0 aromatic heterocycles. The maximum atomic E-state index is 6.06. The highest BCUT2D eigenvalue weighted by molar-refractivity contribution is 4.90. The summed E-state index contributed by atoms with van der Waals surface area (Å²) >= 11 is 0. The Morgan fingerprint density at radius 1 is 1.15 bits per heavy atom. The summed E-state index contributed by atoms with van der Waals surface area (Å²) in [6.45, 7) is 5.24. The van der Waals surface area contributed by atoms with Gasteiger partial charge in [0.25, 0.3) is 0 Å². The Morgan fingerprint density at radius 3 is 2.38 bits per heavy atom. The van der Waals surface area contributed by atoms with Gasteiger partial charge in [-0.05, 0) is 31.7 Å². The summed E-state index contributed by atoms with van der Waals surface area (Å²) in [4.78, 5) is 2.32. The first-order valence-corrected chi connectivity index (χ1v) is 5.75. The van der Waals surface area contributed by atoms with Crippen molar-refractivity contribution in [3.63, 3.8) is 0 Å². The molecule has 3 atom stereocenters. The van der Waals surface area contributed by atoms with E-state index in [1.165, 1.54) is 32.2 Å². The van der Waals surface area contributed by atoms with E-state index in [0.717, 1.165) is 11.8 Å². The number of hydrogen-bond donors (Lipinski definition) is 1. The molecule has 2 N–H and O–H groups in total. The van der Waals surface area contributed by atoms with Crippen molar-refractivity contribution in [2.75, 3.05) is 13.6 Å². The monoisotopic (exact) mass is 184 g/mol. The molecule has 2 fully saturated rings. The summed E-state index contributed by atoms with van der Waals surface area (Å²) in [7, 11) is 2.16. The first-order chi connectivity index (χ1) is 6.29. The van der Waals surface area contributed by atoms with Gasteiger partial charge >= 0.3 is 0 Å².